The molecule has 0 aliphatic carbocycles. The van der Waals surface area contributed by atoms with E-state index in [-0.39, 0.29) is 17.3 Å². The van der Waals surface area contributed by atoms with Crippen LogP contribution in [0.3, 0.4) is 0 Å². The molecule has 2 aliphatic rings. The number of amides is 1. The van der Waals surface area contributed by atoms with E-state index < -0.39 is 0 Å². The second-order valence-corrected chi connectivity index (χ2v) is 8.63. The van der Waals surface area contributed by atoms with Gasteiger partial charge in [0.05, 0.1) is 17.9 Å². The Morgan fingerprint density at radius 2 is 2.08 bits per heavy atom. The Labute approximate surface area is 155 Å². The molecule has 4 rings (SSSR count). The van der Waals surface area contributed by atoms with Crippen molar-refractivity contribution < 1.29 is 14.3 Å². The molecule has 6 heteroatoms. The standard InChI is InChI=1S/C19H21NO3S2/c1-13(21)16-10-14(12-25-16)11-17(22)20-6-4-19(5-7-20)18-15(2-8-23-19)3-9-24-18/h3,9-10,12H,2,4-8,11H2,1H3. The molecule has 0 aromatic carbocycles. The lowest BCUT2D eigenvalue weighted by Gasteiger charge is -2.43. The van der Waals surface area contributed by atoms with E-state index in [2.05, 4.69) is 11.4 Å². The SMILES string of the molecule is CC(=O)c1cc(CC(=O)N2CCC3(CC2)OCCc2ccsc23)cs1. The van der Waals surface area contributed by atoms with Gasteiger partial charge in [-0.3, -0.25) is 9.59 Å². The van der Waals surface area contributed by atoms with Crippen LogP contribution in [0.25, 0.3) is 0 Å². The molecule has 0 saturated carbocycles. The second kappa shape index (κ2) is 6.67. The number of piperidine rings is 1. The Morgan fingerprint density at radius 3 is 2.80 bits per heavy atom. The summed E-state index contributed by atoms with van der Waals surface area (Å²) in [5.41, 5.74) is 2.18. The van der Waals surface area contributed by atoms with Crippen LogP contribution in [0.1, 0.15) is 45.4 Å². The molecule has 4 nitrogen and oxygen atoms in total. The van der Waals surface area contributed by atoms with E-state index in [1.165, 1.54) is 21.8 Å². The van der Waals surface area contributed by atoms with Crippen molar-refractivity contribution >= 4 is 34.4 Å². The third-order valence-corrected chi connectivity index (χ3v) is 7.41. The maximum Gasteiger partial charge on any atom is 0.227 e. The average Bonchev–Trinajstić information content (AvgIpc) is 3.25. The topological polar surface area (TPSA) is 46.6 Å². The molecule has 1 saturated heterocycles. The molecule has 1 spiro atoms. The summed E-state index contributed by atoms with van der Waals surface area (Å²) in [5, 5.41) is 4.07. The quantitative estimate of drug-likeness (QED) is 0.770. The van der Waals surface area contributed by atoms with E-state index in [0.29, 0.717) is 6.42 Å². The van der Waals surface area contributed by atoms with E-state index >= 15 is 0 Å². The molecule has 0 atom stereocenters. The third-order valence-electron chi connectivity index (χ3n) is 5.19. The summed E-state index contributed by atoms with van der Waals surface area (Å²) >= 11 is 3.21. The molecule has 132 valence electrons. The molecule has 25 heavy (non-hydrogen) atoms. The zero-order valence-electron chi connectivity index (χ0n) is 14.2. The molecule has 0 N–H and O–H groups in total. The van der Waals surface area contributed by atoms with Gasteiger partial charge in [0, 0.05) is 18.0 Å². The molecule has 0 unspecified atom stereocenters. The number of rotatable bonds is 3. The number of carbonyl (C=O) groups is 2. The molecule has 2 aromatic rings. The summed E-state index contributed by atoms with van der Waals surface area (Å²) in [6.45, 7) is 3.81. The van der Waals surface area contributed by atoms with Gasteiger partial charge in [-0.2, -0.15) is 0 Å². The van der Waals surface area contributed by atoms with Crippen LogP contribution in [0.2, 0.25) is 0 Å². The van der Waals surface area contributed by atoms with Crippen LogP contribution >= 0.6 is 22.7 Å². The van der Waals surface area contributed by atoms with Crippen LogP contribution in [0.15, 0.2) is 22.9 Å². The van der Waals surface area contributed by atoms with E-state index in [1.807, 2.05) is 16.3 Å². The van der Waals surface area contributed by atoms with Crippen molar-refractivity contribution in [3.8, 4) is 0 Å². The number of fused-ring (bicyclic) bond motifs is 2. The molecule has 1 amide bonds. The van der Waals surface area contributed by atoms with E-state index in [0.717, 1.165) is 49.4 Å². The van der Waals surface area contributed by atoms with E-state index in [1.54, 1.807) is 18.3 Å². The molecule has 4 heterocycles. The highest BCUT2D eigenvalue weighted by atomic mass is 32.1. The Kier molecular flexibility index (Phi) is 4.52. The first-order chi connectivity index (χ1) is 12.1. The van der Waals surface area contributed by atoms with Crippen LogP contribution in [-0.4, -0.2) is 36.3 Å². The monoisotopic (exact) mass is 375 g/mol. The Morgan fingerprint density at radius 1 is 1.28 bits per heavy atom. The van der Waals surface area contributed by atoms with Crippen LogP contribution in [0, 0.1) is 0 Å². The Balaban J connectivity index is 1.40. The summed E-state index contributed by atoms with van der Waals surface area (Å²) < 4.78 is 6.20. The predicted octanol–water partition coefficient (Wildman–Crippen LogP) is 3.65. The van der Waals surface area contributed by atoms with Crippen molar-refractivity contribution in [2.75, 3.05) is 19.7 Å². The first kappa shape index (κ1) is 16.9. The lowest BCUT2D eigenvalue weighted by Crippen LogP contribution is -2.48. The largest absolute Gasteiger partial charge is 0.369 e. The molecule has 1 fully saturated rings. The highest BCUT2D eigenvalue weighted by Gasteiger charge is 2.42. The second-order valence-electron chi connectivity index (χ2n) is 6.80. The third kappa shape index (κ3) is 3.18. The predicted molar refractivity (Wildman–Crippen MR) is 99.5 cm³/mol. The minimum absolute atomic E-state index is 0.0600. The fourth-order valence-electron chi connectivity index (χ4n) is 3.78. The number of thiophene rings is 2. The van der Waals surface area contributed by atoms with Crippen molar-refractivity contribution in [3.05, 3.63) is 43.8 Å². The summed E-state index contributed by atoms with van der Waals surface area (Å²) in [7, 11) is 0. The van der Waals surface area contributed by atoms with Crippen molar-refractivity contribution in [3.63, 3.8) is 0 Å². The number of hydrogen-bond acceptors (Lipinski definition) is 5. The Hall–Kier alpha value is -1.50. The van der Waals surface area contributed by atoms with Gasteiger partial charge in [0.25, 0.3) is 0 Å². The zero-order chi connectivity index (χ0) is 17.4. The van der Waals surface area contributed by atoms with Crippen LogP contribution in [0.5, 0.6) is 0 Å². The van der Waals surface area contributed by atoms with Gasteiger partial charge in [0.1, 0.15) is 5.60 Å². The van der Waals surface area contributed by atoms with Crippen molar-refractivity contribution in [1.29, 1.82) is 0 Å². The molecule has 0 bridgehead atoms. The molecule has 0 radical (unpaired) electrons. The molecular weight excluding hydrogens is 354 g/mol. The summed E-state index contributed by atoms with van der Waals surface area (Å²) in [6, 6.07) is 4.06. The lowest BCUT2D eigenvalue weighted by atomic mass is 9.85. The van der Waals surface area contributed by atoms with Crippen LogP contribution in [-0.2, 0) is 28.0 Å². The minimum Gasteiger partial charge on any atom is -0.369 e. The Bertz CT molecular complexity index is 799. The number of Topliss-reactive ketones (excluding diaryl/α,β-unsaturated/α-hetero) is 1. The zero-order valence-corrected chi connectivity index (χ0v) is 15.9. The number of ketones is 1. The molecule has 2 aromatic heterocycles. The lowest BCUT2D eigenvalue weighted by molar-refractivity contribution is -0.139. The van der Waals surface area contributed by atoms with E-state index in [9.17, 15) is 9.59 Å². The number of carbonyl (C=O) groups excluding carboxylic acids is 2. The smallest absolute Gasteiger partial charge is 0.227 e. The number of nitrogens with zero attached hydrogens (tertiary/aromatic N) is 1. The fraction of sp³-hybridized carbons (Fsp3) is 0.474. The van der Waals surface area contributed by atoms with E-state index in [4.69, 9.17) is 4.74 Å². The van der Waals surface area contributed by atoms with Crippen molar-refractivity contribution in [1.82, 2.24) is 4.90 Å². The van der Waals surface area contributed by atoms with Crippen LogP contribution in [0.4, 0.5) is 0 Å². The maximum atomic E-state index is 12.6. The highest BCUT2D eigenvalue weighted by Crippen LogP contribution is 2.44. The van der Waals surface area contributed by atoms with Crippen LogP contribution < -0.4 is 0 Å². The van der Waals surface area contributed by atoms with Gasteiger partial charge in [-0.25, -0.2) is 0 Å². The minimum atomic E-state index is -0.178. The van der Waals surface area contributed by atoms with Gasteiger partial charge in [-0.05, 0) is 60.2 Å². The summed E-state index contributed by atoms with van der Waals surface area (Å²) in [6.07, 6.45) is 3.12. The first-order valence-corrected chi connectivity index (χ1v) is 10.4. The van der Waals surface area contributed by atoms with Gasteiger partial charge in [-0.1, -0.05) is 0 Å². The molecule has 2 aliphatic heterocycles. The maximum absolute atomic E-state index is 12.6. The van der Waals surface area contributed by atoms with Gasteiger partial charge in [0.2, 0.25) is 5.91 Å². The number of likely N-dealkylation sites (tertiary alicyclic amines) is 1. The van der Waals surface area contributed by atoms with Gasteiger partial charge in [-0.15, -0.1) is 22.7 Å². The van der Waals surface area contributed by atoms with Gasteiger partial charge < -0.3 is 9.64 Å². The van der Waals surface area contributed by atoms with Gasteiger partial charge in [0.15, 0.2) is 5.78 Å². The summed E-state index contributed by atoms with van der Waals surface area (Å²) in [5.74, 6) is 0.203. The average molecular weight is 376 g/mol. The fourth-order valence-corrected chi connectivity index (χ4v) is 5.77. The van der Waals surface area contributed by atoms with Gasteiger partial charge >= 0.3 is 0 Å². The number of hydrogen-bond donors (Lipinski definition) is 0. The van der Waals surface area contributed by atoms with Crippen molar-refractivity contribution in [2.45, 2.75) is 38.2 Å². The number of ether oxygens (including phenoxy) is 1. The highest BCUT2D eigenvalue weighted by molar-refractivity contribution is 7.12. The summed E-state index contributed by atoms with van der Waals surface area (Å²) in [4.78, 5) is 28.1. The first-order valence-electron chi connectivity index (χ1n) is 8.64. The molecular formula is C19H21NO3S2. The normalized spacial score (nSPS) is 19.0. The van der Waals surface area contributed by atoms with Crippen molar-refractivity contribution in [2.24, 2.45) is 0 Å².